The lowest BCUT2D eigenvalue weighted by atomic mass is 10.00. The lowest BCUT2D eigenvalue weighted by molar-refractivity contribution is 0.731. The van der Waals surface area contributed by atoms with Gasteiger partial charge in [-0.15, -0.1) is 26.2 Å². The summed E-state index contributed by atoms with van der Waals surface area (Å²) in [5.74, 6) is 0.749. The molecule has 3 heterocycles. The van der Waals surface area contributed by atoms with Crippen LogP contribution in [0.5, 0.6) is 0 Å². The molecule has 0 aliphatic heterocycles. The van der Waals surface area contributed by atoms with E-state index in [0.717, 1.165) is 5.82 Å². The third kappa shape index (κ3) is 2.66. The van der Waals surface area contributed by atoms with Crippen molar-refractivity contribution < 1.29 is 0 Å². The average molecular weight is 348 g/mol. The molecule has 1 aliphatic carbocycles. The van der Waals surface area contributed by atoms with Gasteiger partial charge in [-0.25, -0.2) is 0 Å². The summed E-state index contributed by atoms with van der Waals surface area (Å²) >= 11 is 1.75. The SMILES string of the molecule is c1csc([C@@H](Nc2ccc3nnnn3n2)c2ccc3c(c2)CCC3)c1. The third-order valence-electron chi connectivity index (χ3n) is 4.65. The summed E-state index contributed by atoms with van der Waals surface area (Å²) in [5.41, 5.74) is 4.86. The molecule has 124 valence electrons. The number of anilines is 1. The van der Waals surface area contributed by atoms with E-state index in [0.29, 0.717) is 5.65 Å². The first-order valence-corrected chi connectivity index (χ1v) is 9.22. The lowest BCUT2D eigenvalue weighted by Gasteiger charge is -2.19. The molecule has 0 bridgehead atoms. The van der Waals surface area contributed by atoms with Crippen LogP contribution in [0.25, 0.3) is 5.65 Å². The van der Waals surface area contributed by atoms with Crippen molar-refractivity contribution in [2.75, 3.05) is 5.32 Å². The Morgan fingerprint density at radius 3 is 2.96 bits per heavy atom. The normalized spacial score (nSPS) is 14.6. The number of tetrazole rings is 1. The molecule has 25 heavy (non-hydrogen) atoms. The highest BCUT2D eigenvalue weighted by Gasteiger charge is 2.19. The van der Waals surface area contributed by atoms with E-state index >= 15 is 0 Å². The van der Waals surface area contributed by atoms with Crippen molar-refractivity contribution in [1.82, 2.24) is 25.3 Å². The molecular weight excluding hydrogens is 332 g/mol. The predicted molar refractivity (Wildman–Crippen MR) is 96.8 cm³/mol. The van der Waals surface area contributed by atoms with Gasteiger partial charge in [0.25, 0.3) is 0 Å². The first-order chi connectivity index (χ1) is 12.4. The van der Waals surface area contributed by atoms with E-state index in [9.17, 15) is 0 Å². The number of nitrogens with zero attached hydrogens (tertiary/aromatic N) is 5. The molecule has 0 saturated heterocycles. The zero-order valence-electron chi connectivity index (χ0n) is 13.5. The summed E-state index contributed by atoms with van der Waals surface area (Å²) in [6, 6.07) is 14.9. The number of fused-ring (bicyclic) bond motifs is 2. The molecule has 3 aromatic heterocycles. The van der Waals surface area contributed by atoms with E-state index in [2.05, 4.69) is 61.7 Å². The summed E-state index contributed by atoms with van der Waals surface area (Å²) in [5, 5.41) is 21.5. The third-order valence-corrected chi connectivity index (χ3v) is 5.58. The van der Waals surface area contributed by atoms with E-state index in [1.165, 1.54) is 45.5 Å². The Morgan fingerprint density at radius 1 is 1.08 bits per heavy atom. The van der Waals surface area contributed by atoms with Crippen molar-refractivity contribution in [2.45, 2.75) is 25.3 Å². The fourth-order valence-corrected chi connectivity index (χ4v) is 4.22. The molecule has 6 nitrogen and oxygen atoms in total. The maximum absolute atomic E-state index is 4.46. The van der Waals surface area contributed by atoms with Crippen LogP contribution < -0.4 is 5.32 Å². The molecule has 5 rings (SSSR count). The van der Waals surface area contributed by atoms with E-state index in [4.69, 9.17) is 0 Å². The minimum atomic E-state index is 0.0623. The zero-order valence-corrected chi connectivity index (χ0v) is 14.3. The lowest BCUT2D eigenvalue weighted by Crippen LogP contribution is -2.13. The quantitative estimate of drug-likeness (QED) is 0.613. The van der Waals surface area contributed by atoms with Gasteiger partial charge in [-0.1, -0.05) is 24.3 Å². The molecule has 0 unspecified atom stereocenters. The molecule has 0 saturated carbocycles. The number of thiophene rings is 1. The summed E-state index contributed by atoms with van der Waals surface area (Å²) in [4.78, 5) is 1.26. The van der Waals surface area contributed by atoms with Crippen LogP contribution in [0, 0.1) is 0 Å². The smallest absolute Gasteiger partial charge is 0.200 e. The zero-order chi connectivity index (χ0) is 16.6. The van der Waals surface area contributed by atoms with E-state index in [1.807, 2.05) is 12.1 Å². The molecule has 4 aromatic rings. The second-order valence-electron chi connectivity index (χ2n) is 6.22. The highest BCUT2D eigenvalue weighted by atomic mass is 32.1. The molecule has 7 heteroatoms. The Hall–Kier alpha value is -2.80. The molecule has 1 aliphatic rings. The number of hydrogen-bond donors (Lipinski definition) is 1. The average Bonchev–Trinajstić information content (AvgIpc) is 3.39. The maximum atomic E-state index is 4.46. The molecule has 1 N–H and O–H groups in total. The Kier molecular flexibility index (Phi) is 3.45. The fraction of sp³-hybridized carbons (Fsp3) is 0.222. The van der Waals surface area contributed by atoms with Gasteiger partial charge < -0.3 is 5.32 Å². The number of benzene rings is 1. The van der Waals surface area contributed by atoms with Crippen molar-refractivity contribution in [1.29, 1.82) is 0 Å². The predicted octanol–water partition coefficient (Wildman–Crippen LogP) is 3.27. The van der Waals surface area contributed by atoms with Gasteiger partial charge in [0.15, 0.2) is 5.65 Å². The van der Waals surface area contributed by atoms with Gasteiger partial charge in [0.1, 0.15) is 5.82 Å². The highest BCUT2D eigenvalue weighted by Crippen LogP contribution is 2.32. The van der Waals surface area contributed by atoms with Gasteiger partial charge in [-0.3, -0.25) is 0 Å². The number of hydrogen-bond acceptors (Lipinski definition) is 6. The molecule has 0 amide bonds. The van der Waals surface area contributed by atoms with E-state index < -0.39 is 0 Å². The van der Waals surface area contributed by atoms with Crippen molar-refractivity contribution in [3.63, 3.8) is 0 Å². The van der Waals surface area contributed by atoms with Crippen molar-refractivity contribution >= 4 is 22.8 Å². The molecule has 0 spiro atoms. The molecular formula is C18H16N6S. The Morgan fingerprint density at radius 2 is 2.04 bits per heavy atom. The summed E-state index contributed by atoms with van der Waals surface area (Å²) in [7, 11) is 0. The van der Waals surface area contributed by atoms with Crippen molar-refractivity contribution in [3.05, 3.63) is 69.4 Å². The van der Waals surface area contributed by atoms with E-state index in [1.54, 1.807) is 11.3 Å². The van der Waals surface area contributed by atoms with Crippen LogP contribution in [-0.4, -0.2) is 25.3 Å². The fourth-order valence-electron chi connectivity index (χ4n) is 3.42. The first kappa shape index (κ1) is 14.5. The number of nitrogens with one attached hydrogen (secondary N) is 1. The molecule has 1 aromatic carbocycles. The summed E-state index contributed by atoms with van der Waals surface area (Å²) in [6.07, 6.45) is 3.63. The van der Waals surface area contributed by atoms with Gasteiger partial charge in [-0.2, -0.15) is 0 Å². The van der Waals surface area contributed by atoms with Gasteiger partial charge in [0.2, 0.25) is 0 Å². The van der Waals surface area contributed by atoms with Crippen LogP contribution in [0.15, 0.2) is 47.8 Å². The van der Waals surface area contributed by atoms with Crippen molar-refractivity contribution in [3.8, 4) is 0 Å². The first-order valence-electron chi connectivity index (χ1n) is 8.34. The number of aromatic nitrogens is 5. The number of aryl methyl sites for hydroxylation is 2. The Bertz CT molecular complexity index is 1020. The summed E-state index contributed by atoms with van der Waals surface area (Å²) in [6.45, 7) is 0. The maximum Gasteiger partial charge on any atom is 0.200 e. The summed E-state index contributed by atoms with van der Waals surface area (Å²) < 4.78 is 1.44. The van der Waals surface area contributed by atoms with Crippen LogP contribution in [0.2, 0.25) is 0 Å². The van der Waals surface area contributed by atoms with Crippen LogP contribution >= 0.6 is 11.3 Å². The highest BCUT2D eigenvalue weighted by molar-refractivity contribution is 7.10. The largest absolute Gasteiger partial charge is 0.357 e. The van der Waals surface area contributed by atoms with Crippen LogP contribution in [0.1, 0.15) is 34.0 Å². The van der Waals surface area contributed by atoms with Crippen LogP contribution in [0.4, 0.5) is 5.82 Å². The van der Waals surface area contributed by atoms with Crippen molar-refractivity contribution in [2.24, 2.45) is 0 Å². The van der Waals surface area contributed by atoms with Gasteiger partial charge in [0.05, 0.1) is 6.04 Å². The van der Waals surface area contributed by atoms with E-state index in [-0.39, 0.29) is 6.04 Å². The topological polar surface area (TPSA) is 68.0 Å². The second-order valence-corrected chi connectivity index (χ2v) is 7.20. The number of rotatable bonds is 4. The van der Waals surface area contributed by atoms with Gasteiger partial charge in [0, 0.05) is 4.88 Å². The Labute approximate surface area is 148 Å². The standard InChI is InChI=1S/C18H16N6S/c1-3-12-6-7-14(11-13(12)4-1)18(15-5-2-10-25-15)19-16-8-9-17-20-22-23-24(17)21-16/h2,5-11,18H,1,3-4H2,(H,19,21)/t18-/m0/s1. The minimum Gasteiger partial charge on any atom is -0.357 e. The Balaban J connectivity index is 1.54. The monoisotopic (exact) mass is 348 g/mol. The molecule has 0 radical (unpaired) electrons. The minimum absolute atomic E-state index is 0.0623. The van der Waals surface area contributed by atoms with Gasteiger partial charge in [-0.05, 0) is 70.0 Å². The molecule has 0 fully saturated rings. The second kappa shape index (κ2) is 5.93. The molecule has 1 atom stereocenters. The van der Waals surface area contributed by atoms with Crippen LogP contribution in [0.3, 0.4) is 0 Å². The van der Waals surface area contributed by atoms with Crippen LogP contribution in [-0.2, 0) is 12.8 Å². The van der Waals surface area contributed by atoms with Gasteiger partial charge >= 0.3 is 0 Å².